The first-order valence-corrected chi connectivity index (χ1v) is 8.54. The van der Waals surface area contributed by atoms with Gasteiger partial charge in [-0.3, -0.25) is 9.89 Å². The van der Waals surface area contributed by atoms with Crippen molar-refractivity contribution < 1.29 is 9.90 Å². The number of rotatable bonds is 5. The van der Waals surface area contributed by atoms with Gasteiger partial charge in [-0.15, -0.1) is 0 Å². The van der Waals surface area contributed by atoms with Crippen molar-refractivity contribution in [3.05, 3.63) is 63.1 Å². The molecule has 0 aliphatic carbocycles. The number of carbonyl (C=O) groups is 1. The van der Waals surface area contributed by atoms with E-state index in [1.807, 2.05) is 0 Å². The van der Waals surface area contributed by atoms with Crippen molar-refractivity contribution in [3.8, 4) is 5.75 Å². The highest BCUT2D eigenvalue weighted by Gasteiger charge is 2.18. The van der Waals surface area contributed by atoms with Crippen molar-refractivity contribution in [2.24, 2.45) is 10.7 Å². The molecule has 0 aliphatic heterocycles. The van der Waals surface area contributed by atoms with Crippen LogP contribution < -0.4 is 11.1 Å². The van der Waals surface area contributed by atoms with E-state index in [0.29, 0.717) is 16.3 Å². The Balaban J connectivity index is 1.93. The fraction of sp³-hybridized carbons (Fsp3) is 0. The van der Waals surface area contributed by atoms with Crippen LogP contribution in [0.25, 0.3) is 0 Å². The van der Waals surface area contributed by atoms with E-state index < -0.39 is 5.91 Å². The summed E-state index contributed by atoms with van der Waals surface area (Å²) in [6.45, 7) is 0. The zero-order valence-corrected chi connectivity index (χ0v) is 15.5. The number of halogens is 2. The highest BCUT2D eigenvalue weighted by atomic mass is 79.9. The fourth-order valence-electron chi connectivity index (χ4n) is 2.22. The van der Waals surface area contributed by atoms with Gasteiger partial charge in [-0.25, -0.2) is 4.99 Å². The third-order valence-electron chi connectivity index (χ3n) is 3.40. The number of anilines is 2. The van der Waals surface area contributed by atoms with E-state index in [4.69, 9.17) is 17.3 Å². The number of hydrogen-bond acceptors (Lipinski definition) is 5. The molecule has 0 bridgehead atoms. The van der Waals surface area contributed by atoms with Gasteiger partial charge in [0, 0.05) is 27.0 Å². The molecule has 9 heteroatoms. The number of benzene rings is 2. The second-order valence-electron chi connectivity index (χ2n) is 5.26. The van der Waals surface area contributed by atoms with Crippen LogP contribution in [0.15, 0.2) is 51.9 Å². The minimum atomic E-state index is -0.700. The Bertz CT molecular complexity index is 1000. The van der Waals surface area contributed by atoms with Gasteiger partial charge < -0.3 is 16.2 Å². The molecule has 0 radical (unpaired) electrons. The van der Waals surface area contributed by atoms with Gasteiger partial charge >= 0.3 is 0 Å². The third kappa shape index (κ3) is 4.04. The predicted molar refractivity (Wildman–Crippen MR) is 105 cm³/mol. The van der Waals surface area contributed by atoms with Crippen LogP contribution in [-0.4, -0.2) is 27.4 Å². The van der Waals surface area contributed by atoms with E-state index in [1.54, 1.807) is 36.4 Å². The lowest BCUT2D eigenvalue weighted by Gasteiger charge is -2.05. The van der Waals surface area contributed by atoms with Crippen molar-refractivity contribution in [2.45, 2.75) is 0 Å². The van der Waals surface area contributed by atoms with E-state index in [9.17, 15) is 9.90 Å². The molecule has 0 aliphatic rings. The number of nitrogens with one attached hydrogen (secondary N) is 2. The van der Waals surface area contributed by atoms with E-state index in [-0.39, 0.29) is 22.9 Å². The Labute approximate surface area is 162 Å². The van der Waals surface area contributed by atoms with E-state index in [0.717, 1.165) is 4.47 Å². The van der Waals surface area contributed by atoms with Crippen molar-refractivity contribution in [1.82, 2.24) is 10.2 Å². The molecule has 26 heavy (non-hydrogen) atoms. The van der Waals surface area contributed by atoms with Crippen LogP contribution in [0, 0.1) is 0 Å². The molecule has 5 N–H and O–H groups in total. The number of aromatic nitrogens is 2. The van der Waals surface area contributed by atoms with Crippen molar-refractivity contribution in [2.75, 3.05) is 5.32 Å². The lowest BCUT2D eigenvalue weighted by atomic mass is 10.2. The normalized spacial score (nSPS) is 11.0. The maximum atomic E-state index is 11.9. The summed E-state index contributed by atoms with van der Waals surface area (Å²) in [7, 11) is 0. The van der Waals surface area contributed by atoms with Gasteiger partial charge in [-0.05, 0) is 36.4 Å². The molecule has 0 atom stereocenters. The number of carbonyl (C=O) groups excluding carboxylic acids is 1. The summed E-state index contributed by atoms with van der Waals surface area (Å²) in [5.74, 6) is -0.255. The Kier molecular flexibility index (Phi) is 5.24. The molecular weight excluding hydrogens is 422 g/mol. The summed E-state index contributed by atoms with van der Waals surface area (Å²) >= 11 is 9.27. The summed E-state index contributed by atoms with van der Waals surface area (Å²) in [6, 6.07) is 11.9. The molecule has 0 spiro atoms. The number of aromatic amines is 1. The molecule has 0 fully saturated rings. The molecule has 0 saturated carbocycles. The number of amides is 1. The zero-order valence-electron chi connectivity index (χ0n) is 13.2. The topological polar surface area (TPSA) is 116 Å². The molecular formula is C17H13BrClN5O2. The van der Waals surface area contributed by atoms with Crippen LogP contribution in [0.1, 0.15) is 15.9 Å². The molecule has 3 aromatic rings. The minimum Gasteiger partial charge on any atom is -0.507 e. The van der Waals surface area contributed by atoms with Crippen molar-refractivity contribution in [3.63, 3.8) is 0 Å². The lowest BCUT2D eigenvalue weighted by Crippen LogP contribution is -2.12. The van der Waals surface area contributed by atoms with Gasteiger partial charge in [-0.1, -0.05) is 33.6 Å². The van der Waals surface area contributed by atoms with Crippen LogP contribution in [0.3, 0.4) is 0 Å². The van der Waals surface area contributed by atoms with E-state index in [1.165, 1.54) is 12.3 Å². The molecule has 1 amide bonds. The quantitative estimate of drug-likeness (QED) is 0.452. The van der Waals surface area contributed by atoms with Crippen LogP contribution in [-0.2, 0) is 0 Å². The highest BCUT2D eigenvalue weighted by Crippen LogP contribution is 2.28. The van der Waals surface area contributed by atoms with Crippen LogP contribution in [0.4, 0.5) is 17.3 Å². The second-order valence-corrected chi connectivity index (χ2v) is 6.61. The van der Waals surface area contributed by atoms with Gasteiger partial charge in [0.25, 0.3) is 5.91 Å². The lowest BCUT2D eigenvalue weighted by molar-refractivity contribution is 0.100. The average Bonchev–Trinajstić information content (AvgIpc) is 2.98. The molecule has 0 unspecified atom stereocenters. The molecule has 1 aromatic heterocycles. The number of nitrogens with zero attached hydrogens (tertiary/aromatic N) is 2. The number of primary amides is 1. The van der Waals surface area contributed by atoms with Gasteiger partial charge in [0.2, 0.25) is 0 Å². The van der Waals surface area contributed by atoms with Gasteiger partial charge in [-0.2, -0.15) is 5.10 Å². The first-order valence-electron chi connectivity index (χ1n) is 7.37. The maximum absolute atomic E-state index is 11.9. The molecule has 132 valence electrons. The first kappa shape index (κ1) is 18.0. The Morgan fingerprint density at radius 3 is 2.88 bits per heavy atom. The summed E-state index contributed by atoms with van der Waals surface area (Å²) in [6.07, 6.45) is 1.41. The largest absolute Gasteiger partial charge is 0.507 e. The van der Waals surface area contributed by atoms with Gasteiger partial charge in [0.05, 0.1) is 0 Å². The predicted octanol–water partition coefficient (Wildman–Crippen LogP) is 4.12. The monoisotopic (exact) mass is 433 g/mol. The number of aromatic hydroxyl groups is 1. The summed E-state index contributed by atoms with van der Waals surface area (Å²) in [4.78, 5) is 16.0. The number of nitrogens with two attached hydrogens (primary N) is 1. The third-order valence-corrected chi connectivity index (χ3v) is 4.13. The molecule has 2 aromatic carbocycles. The molecule has 3 rings (SSSR count). The minimum absolute atomic E-state index is 0.0503. The zero-order chi connectivity index (χ0) is 18.7. The fourth-order valence-corrected chi connectivity index (χ4v) is 2.78. The smallest absolute Gasteiger partial charge is 0.256 e. The van der Waals surface area contributed by atoms with Gasteiger partial charge in [0.1, 0.15) is 11.3 Å². The van der Waals surface area contributed by atoms with Crippen LogP contribution in [0.2, 0.25) is 5.02 Å². The SMILES string of the molecule is NC(=O)c1c(Nc2cccc(Cl)c2)n[nH]c1N=Cc1cc(Br)ccc1O. The maximum Gasteiger partial charge on any atom is 0.256 e. The number of H-pyrrole nitrogens is 1. The Morgan fingerprint density at radius 2 is 2.15 bits per heavy atom. The van der Waals surface area contributed by atoms with E-state index in [2.05, 4.69) is 36.4 Å². The van der Waals surface area contributed by atoms with Crippen molar-refractivity contribution >= 4 is 57.0 Å². The van der Waals surface area contributed by atoms with E-state index >= 15 is 0 Å². The highest BCUT2D eigenvalue weighted by molar-refractivity contribution is 9.10. The number of phenolic OH excluding ortho intramolecular Hbond substituents is 1. The molecule has 1 heterocycles. The average molecular weight is 435 g/mol. The number of hydrogen-bond donors (Lipinski definition) is 4. The van der Waals surface area contributed by atoms with Crippen LogP contribution >= 0.6 is 27.5 Å². The molecule has 7 nitrogen and oxygen atoms in total. The molecule has 0 saturated heterocycles. The standard InChI is InChI=1S/C17H13BrClN5O2/c18-10-4-5-13(25)9(6-10)8-21-16-14(15(20)26)17(24-23-16)22-12-3-1-2-11(19)7-12/h1-8,25H,(H2,20,26)(H2,22,23,24). The Hall–Kier alpha value is -2.84. The van der Waals surface area contributed by atoms with Gasteiger partial charge in [0.15, 0.2) is 11.6 Å². The summed E-state index contributed by atoms with van der Waals surface area (Å²) in [5, 5.41) is 20.1. The second kappa shape index (κ2) is 7.59. The summed E-state index contributed by atoms with van der Waals surface area (Å²) in [5.41, 5.74) is 6.68. The van der Waals surface area contributed by atoms with Crippen LogP contribution in [0.5, 0.6) is 5.75 Å². The Morgan fingerprint density at radius 1 is 1.35 bits per heavy atom. The summed E-state index contributed by atoms with van der Waals surface area (Å²) < 4.78 is 0.778. The number of aliphatic imine (C=N–C) groups is 1. The van der Waals surface area contributed by atoms with Crippen molar-refractivity contribution in [1.29, 1.82) is 0 Å². The number of phenols is 1. The first-order chi connectivity index (χ1) is 12.4.